The van der Waals surface area contributed by atoms with Crippen LogP contribution in [0.3, 0.4) is 0 Å². The maximum absolute atomic E-state index is 4.39. The summed E-state index contributed by atoms with van der Waals surface area (Å²) in [5, 5.41) is 7.10. The van der Waals surface area contributed by atoms with E-state index in [4.69, 9.17) is 0 Å². The van der Waals surface area contributed by atoms with Gasteiger partial charge in [0.2, 0.25) is 0 Å². The summed E-state index contributed by atoms with van der Waals surface area (Å²) in [6.45, 7) is 9.24. The van der Waals surface area contributed by atoms with Gasteiger partial charge in [-0.25, -0.2) is 0 Å². The predicted molar refractivity (Wildman–Crippen MR) is 106 cm³/mol. The van der Waals surface area contributed by atoms with Gasteiger partial charge in [0.15, 0.2) is 5.96 Å². The monoisotopic (exact) mass is 422 g/mol. The molecule has 0 aromatic carbocycles. The second-order valence-corrected chi connectivity index (χ2v) is 7.68. The van der Waals surface area contributed by atoms with Crippen LogP contribution in [-0.4, -0.2) is 51.1 Å². The summed E-state index contributed by atoms with van der Waals surface area (Å²) in [5.74, 6) is 2.54. The fourth-order valence-electron chi connectivity index (χ4n) is 3.92. The molecule has 2 fully saturated rings. The third-order valence-electron chi connectivity index (χ3n) is 5.16. The molecular weight excluding hydrogens is 387 g/mol. The molecule has 1 saturated carbocycles. The molecule has 5 heteroatoms. The molecule has 1 aliphatic heterocycles. The van der Waals surface area contributed by atoms with Gasteiger partial charge < -0.3 is 15.5 Å². The van der Waals surface area contributed by atoms with Crippen LogP contribution in [0.5, 0.6) is 0 Å². The van der Waals surface area contributed by atoms with Crippen LogP contribution < -0.4 is 10.6 Å². The van der Waals surface area contributed by atoms with Crippen LogP contribution in [0.1, 0.15) is 46.0 Å². The molecule has 22 heavy (non-hydrogen) atoms. The van der Waals surface area contributed by atoms with Gasteiger partial charge in [0.1, 0.15) is 0 Å². The molecule has 0 amide bonds. The van der Waals surface area contributed by atoms with E-state index in [2.05, 4.69) is 41.4 Å². The van der Waals surface area contributed by atoms with E-state index in [1.165, 1.54) is 45.2 Å². The molecule has 130 valence electrons. The van der Waals surface area contributed by atoms with Crippen molar-refractivity contribution in [3.8, 4) is 0 Å². The Bertz CT molecular complexity index is 353. The SMILES string of the molecule is CN=C(NCC1CCN(C)C1)NCC1(CC(C)C)CCC1.I. The minimum atomic E-state index is 0. The van der Waals surface area contributed by atoms with E-state index in [0.29, 0.717) is 5.41 Å². The Morgan fingerprint density at radius 2 is 2.05 bits per heavy atom. The maximum atomic E-state index is 4.39. The summed E-state index contributed by atoms with van der Waals surface area (Å²) in [6, 6.07) is 0. The molecule has 0 radical (unpaired) electrons. The first-order chi connectivity index (χ1) is 10.0. The van der Waals surface area contributed by atoms with Gasteiger partial charge in [-0.05, 0) is 56.5 Å². The first-order valence-corrected chi connectivity index (χ1v) is 8.66. The molecule has 0 bridgehead atoms. The van der Waals surface area contributed by atoms with Gasteiger partial charge in [-0.1, -0.05) is 20.3 Å². The van der Waals surface area contributed by atoms with Crippen molar-refractivity contribution in [2.45, 2.75) is 46.0 Å². The lowest BCUT2D eigenvalue weighted by molar-refractivity contribution is 0.104. The number of halogens is 1. The first-order valence-electron chi connectivity index (χ1n) is 8.66. The van der Waals surface area contributed by atoms with Crippen LogP contribution in [0.4, 0.5) is 0 Å². The summed E-state index contributed by atoms with van der Waals surface area (Å²) in [6.07, 6.45) is 6.79. The molecule has 0 spiro atoms. The van der Waals surface area contributed by atoms with Gasteiger partial charge in [0.25, 0.3) is 0 Å². The van der Waals surface area contributed by atoms with E-state index < -0.39 is 0 Å². The van der Waals surface area contributed by atoms with Crippen molar-refractivity contribution in [1.82, 2.24) is 15.5 Å². The van der Waals surface area contributed by atoms with Crippen LogP contribution >= 0.6 is 24.0 Å². The number of nitrogens with one attached hydrogen (secondary N) is 2. The highest BCUT2D eigenvalue weighted by atomic mass is 127. The second-order valence-electron chi connectivity index (χ2n) is 7.68. The predicted octanol–water partition coefficient (Wildman–Crippen LogP) is 2.94. The molecule has 0 aromatic heterocycles. The van der Waals surface area contributed by atoms with Crippen LogP contribution in [0, 0.1) is 17.3 Å². The Kier molecular flexibility index (Phi) is 8.46. The molecule has 1 saturated heterocycles. The average Bonchev–Trinajstić information content (AvgIpc) is 2.81. The highest BCUT2D eigenvalue weighted by Crippen LogP contribution is 2.45. The van der Waals surface area contributed by atoms with Gasteiger partial charge in [-0.2, -0.15) is 0 Å². The van der Waals surface area contributed by atoms with E-state index in [0.717, 1.165) is 30.9 Å². The minimum Gasteiger partial charge on any atom is -0.356 e. The normalized spacial score (nSPS) is 24.8. The lowest BCUT2D eigenvalue weighted by atomic mass is 9.64. The molecule has 2 aliphatic rings. The van der Waals surface area contributed by atoms with Crippen molar-refractivity contribution in [1.29, 1.82) is 0 Å². The smallest absolute Gasteiger partial charge is 0.191 e. The minimum absolute atomic E-state index is 0. The Morgan fingerprint density at radius 1 is 1.32 bits per heavy atom. The van der Waals surface area contributed by atoms with Crippen molar-refractivity contribution in [3.63, 3.8) is 0 Å². The number of rotatable bonds is 6. The molecule has 1 atom stereocenters. The summed E-state index contributed by atoms with van der Waals surface area (Å²) in [7, 11) is 4.09. The molecule has 2 rings (SSSR count). The third kappa shape index (κ3) is 5.87. The molecule has 2 N–H and O–H groups in total. The lowest BCUT2D eigenvalue weighted by Crippen LogP contribution is -2.47. The van der Waals surface area contributed by atoms with Gasteiger partial charge in [-0.15, -0.1) is 24.0 Å². The standard InChI is InChI=1S/C17H34N4.HI/c1-14(2)10-17(7-5-8-17)13-20-16(18-3)19-11-15-6-9-21(4)12-15;/h14-15H,5-13H2,1-4H3,(H2,18,19,20);1H. The molecule has 4 nitrogen and oxygen atoms in total. The second kappa shape index (κ2) is 9.30. The maximum Gasteiger partial charge on any atom is 0.191 e. The van der Waals surface area contributed by atoms with Crippen molar-refractivity contribution >= 4 is 29.9 Å². The van der Waals surface area contributed by atoms with Crippen molar-refractivity contribution < 1.29 is 0 Å². The molecular formula is C17H35IN4. The number of likely N-dealkylation sites (tertiary alicyclic amines) is 1. The van der Waals surface area contributed by atoms with Gasteiger partial charge in [0, 0.05) is 26.7 Å². The zero-order chi connectivity index (χ0) is 15.3. The first kappa shape index (κ1) is 20.0. The Balaban J connectivity index is 0.00000242. The van der Waals surface area contributed by atoms with Crippen molar-refractivity contribution in [2.24, 2.45) is 22.2 Å². The lowest BCUT2D eigenvalue weighted by Gasteiger charge is -2.43. The number of guanidine groups is 1. The molecule has 1 unspecified atom stereocenters. The van der Waals surface area contributed by atoms with Gasteiger partial charge >= 0.3 is 0 Å². The van der Waals surface area contributed by atoms with E-state index in [9.17, 15) is 0 Å². The summed E-state index contributed by atoms with van der Waals surface area (Å²) in [5.41, 5.74) is 0.527. The summed E-state index contributed by atoms with van der Waals surface area (Å²) >= 11 is 0. The van der Waals surface area contributed by atoms with Crippen molar-refractivity contribution in [2.75, 3.05) is 40.3 Å². The van der Waals surface area contributed by atoms with E-state index in [-0.39, 0.29) is 24.0 Å². The van der Waals surface area contributed by atoms with E-state index in [1.54, 1.807) is 0 Å². The van der Waals surface area contributed by atoms with Crippen LogP contribution in [0.15, 0.2) is 4.99 Å². The van der Waals surface area contributed by atoms with Crippen LogP contribution in [0.2, 0.25) is 0 Å². The van der Waals surface area contributed by atoms with Crippen LogP contribution in [-0.2, 0) is 0 Å². The summed E-state index contributed by atoms with van der Waals surface area (Å²) < 4.78 is 0. The highest BCUT2D eigenvalue weighted by Gasteiger charge is 2.37. The van der Waals surface area contributed by atoms with Crippen molar-refractivity contribution in [3.05, 3.63) is 0 Å². The zero-order valence-electron chi connectivity index (χ0n) is 14.8. The number of aliphatic imine (C=N–C) groups is 1. The average molecular weight is 422 g/mol. The van der Waals surface area contributed by atoms with E-state index >= 15 is 0 Å². The summed E-state index contributed by atoms with van der Waals surface area (Å²) in [4.78, 5) is 6.80. The topological polar surface area (TPSA) is 39.7 Å². The largest absolute Gasteiger partial charge is 0.356 e. The van der Waals surface area contributed by atoms with Crippen LogP contribution in [0.25, 0.3) is 0 Å². The number of hydrogen-bond donors (Lipinski definition) is 2. The fourth-order valence-corrected chi connectivity index (χ4v) is 3.92. The quantitative estimate of drug-likeness (QED) is 0.393. The Hall–Kier alpha value is -0.0400. The van der Waals surface area contributed by atoms with Gasteiger partial charge in [-0.3, -0.25) is 4.99 Å². The Labute approximate surface area is 153 Å². The zero-order valence-corrected chi connectivity index (χ0v) is 17.2. The third-order valence-corrected chi connectivity index (χ3v) is 5.16. The Morgan fingerprint density at radius 3 is 2.50 bits per heavy atom. The fraction of sp³-hybridized carbons (Fsp3) is 0.941. The molecule has 1 heterocycles. The number of nitrogens with zero attached hydrogens (tertiary/aromatic N) is 2. The molecule has 0 aromatic rings. The van der Waals surface area contributed by atoms with E-state index in [1.807, 2.05) is 7.05 Å². The molecule has 1 aliphatic carbocycles. The van der Waals surface area contributed by atoms with Gasteiger partial charge in [0.05, 0.1) is 0 Å². The highest BCUT2D eigenvalue weighted by molar-refractivity contribution is 14.0. The number of hydrogen-bond acceptors (Lipinski definition) is 2.